The van der Waals surface area contributed by atoms with E-state index in [9.17, 15) is 4.79 Å². The number of fused-ring (bicyclic) bond motifs is 1. The lowest BCUT2D eigenvalue weighted by molar-refractivity contribution is -0.138. The summed E-state index contributed by atoms with van der Waals surface area (Å²) in [6, 6.07) is 13.6. The van der Waals surface area contributed by atoms with Crippen LogP contribution in [0.4, 0.5) is 5.69 Å². The van der Waals surface area contributed by atoms with Crippen LogP contribution in [0.2, 0.25) is 0 Å². The summed E-state index contributed by atoms with van der Waals surface area (Å²) in [4.78, 5) is 12.7. The zero-order valence-corrected chi connectivity index (χ0v) is 10.9. The van der Waals surface area contributed by atoms with Crippen molar-refractivity contribution >= 4 is 22.4 Å². The fraction of sp³-hybridized carbons (Fsp3) is 0.267. The van der Waals surface area contributed by atoms with Gasteiger partial charge in [0.2, 0.25) is 0 Å². The molecule has 19 heavy (non-hydrogen) atoms. The molecule has 100 valence electrons. The van der Waals surface area contributed by atoms with Gasteiger partial charge in [0.05, 0.1) is 0 Å². The molecule has 0 aromatic heterocycles. The van der Waals surface area contributed by atoms with Gasteiger partial charge in [-0.05, 0) is 29.3 Å². The maximum Gasteiger partial charge on any atom is 0.320 e. The number of carboxylic acids is 1. The Morgan fingerprint density at radius 3 is 2.63 bits per heavy atom. The van der Waals surface area contributed by atoms with Gasteiger partial charge in [0.1, 0.15) is 6.04 Å². The number of carboxylic acid groups (broad SMARTS) is 1. The number of carbonyl (C=O) groups is 1. The number of hydrogen-bond donors (Lipinski definition) is 2. The molecular formula is C15H18N2O2. The first kappa shape index (κ1) is 13.4. The first-order chi connectivity index (χ1) is 9.08. The molecule has 0 heterocycles. The minimum absolute atomic E-state index is 0.429. The second-order valence-electron chi connectivity index (χ2n) is 4.69. The zero-order chi connectivity index (χ0) is 13.8. The number of aliphatic carboxylic acids is 1. The van der Waals surface area contributed by atoms with Crippen molar-refractivity contribution in [2.24, 2.45) is 5.73 Å². The van der Waals surface area contributed by atoms with Crippen LogP contribution >= 0.6 is 0 Å². The van der Waals surface area contributed by atoms with Crippen molar-refractivity contribution in [2.45, 2.75) is 12.5 Å². The van der Waals surface area contributed by atoms with Gasteiger partial charge in [0.15, 0.2) is 0 Å². The summed E-state index contributed by atoms with van der Waals surface area (Å²) >= 11 is 0. The van der Waals surface area contributed by atoms with Crippen molar-refractivity contribution in [3.8, 4) is 0 Å². The molecule has 0 amide bonds. The van der Waals surface area contributed by atoms with Crippen LogP contribution in [0.15, 0.2) is 42.5 Å². The highest BCUT2D eigenvalue weighted by Crippen LogP contribution is 2.21. The van der Waals surface area contributed by atoms with Crippen LogP contribution in [0.1, 0.15) is 6.42 Å². The van der Waals surface area contributed by atoms with E-state index in [2.05, 4.69) is 24.3 Å². The maximum absolute atomic E-state index is 10.7. The molecule has 0 radical (unpaired) electrons. The molecular weight excluding hydrogens is 240 g/mol. The van der Waals surface area contributed by atoms with E-state index in [0.717, 1.165) is 5.69 Å². The largest absolute Gasteiger partial charge is 0.480 e. The highest BCUT2D eigenvalue weighted by atomic mass is 16.4. The summed E-state index contributed by atoms with van der Waals surface area (Å²) in [7, 11) is 1.94. The third-order valence-electron chi connectivity index (χ3n) is 3.27. The van der Waals surface area contributed by atoms with Gasteiger partial charge in [-0.2, -0.15) is 0 Å². The molecule has 2 rings (SSSR count). The van der Waals surface area contributed by atoms with Crippen LogP contribution in [0.25, 0.3) is 10.8 Å². The third kappa shape index (κ3) is 3.23. The average molecular weight is 258 g/mol. The molecule has 1 atom stereocenters. The second kappa shape index (κ2) is 5.71. The number of rotatable bonds is 5. The van der Waals surface area contributed by atoms with Gasteiger partial charge in [-0.1, -0.05) is 30.3 Å². The Bertz CT molecular complexity index is 583. The van der Waals surface area contributed by atoms with Crippen LogP contribution in [-0.2, 0) is 4.79 Å². The Morgan fingerprint density at radius 2 is 1.95 bits per heavy atom. The van der Waals surface area contributed by atoms with E-state index in [1.165, 1.54) is 10.8 Å². The van der Waals surface area contributed by atoms with Crippen LogP contribution in [-0.4, -0.2) is 30.7 Å². The summed E-state index contributed by atoms with van der Waals surface area (Å²) in [6.45, 7) is 0.617. The molecule has 2 aromatic carbocycles. The van der Waals surface area contributed by atoms with Crippen molar-refractivity contribution in [3.05, 3.63) is 42.5 Å². The number of nitrogens with two attached hydrogens (primary N) is 1. The molecule has 3 N–H and O–H groups in total. The predicted octanol–water partition coefficient (Wildman–Crippen LogP) is 2.08. The Hall–Kier alpha value is -2.07. The lowest BCUT2D eigenvalue weighted by atomic mass is 10.1. The van der Waals surface area contributed by atoms with Crippen LogP contribution in [0, 0.1) is 0 Å². The normalized spacial score (nSPS) is 12.3. The summed E-state index contributed by atoms with van der Waals surface area (Å²) in [5.74, 6) is -0.952. The lowest BCUT2D eigenvalue weighted by Gasteiger charge is -2.20. The van der Waals surface area contributed by atoms with Gasteiger partial charge < -0.3 is 15.7 Å². The van der Waals surface area contributed by atoms with Gasteiger partial charge >= 0.3 is 5.97 Å². The lowest BCUT2D eigenvalue weighted by Crippen LogP contribution is -2.34. The summed E-state index contributed by atoms with van der Waals surface area (Å²) in [6.07, 6.45) is 0.429. The van der Waals surface area contributed by atoms with Gasteiger partial charge in [-0.15, -0.1) is 0 Å². The van der Waals surface area contributed by atoms with Crippen LogP contribution in [0.3, 0.4) is 0 Å². The highest BCUT2D eigenvalue weighted by Gasteiger charge is 2.12. The minimum Gasteiger partial charge on any atom is -0.480 e. The van der Waals surface area contributed by atoms with E-state index in [4.69, 9.17) is 10.8 Å². The zero-order valence-electron chi connectivity index (χ0n) is 10.9. The number of hydrogen-bond acceptors (Lipinski definition) is 3. The van der Waals surface area contributed by atoms with Gasteiger partial charge in [-0.25, -0.2) is 0 Å². The van der Waals surface area contributed by atoms with E-state index in [-0.39, 0.29) is 0 Å². The Kier molecular flexibility index (Phi) is 4.02. The Balaban J connectivity index is 2.08. The first-order valence-electron chi connectivity index (χ1n) is 6.26. The standard InChI is InChI=1S/C15H18N2O2/c1-17(9-8-14(16)15(18)19)13-7-6-11-4-2-3-5-12(11)10-13/h2-7,10,14H,8-9,16H2,1H3,(H,18,19). The molecule has 0 bridgehead atoms. The molecule has 0 fully saturated rings. The molecule has 0 aliphatic rings. The number of benzene rings is 2. The predicted molar refractivity (Wildman–Crippen MR) is 77.4 cm³/mol. The van der Waals surface area contributed by atoms with Crippen LogP contribution < -0.4 is 10.6 Å². The van der Waals surface area contributed by atoms with Gasteiger partial charge in [0.25, 0.3) is 0 Å². The average Bonchev–Trinajstić information content (AvgIpc) is 2.43. The van der Waals surface area contributed by atoms with Gasteiger partial charge in [-0.3, -0.25) is 4.79 Å². The molecule has 0 saturated carbocycles. The van der Waals surface area contributed by atoms with Crippen molar-refractivity contribution in [2.75, 3.05) is 18.5 Å². The van der Waals surface area contributed by atoms with Crippen molar-refractivity contribution in [1.82, 2.24) is 0 Å². The number of anilines is 1. The SMILES string of the molecule is CN(CCC(N)C(=O)O)c1ccc2ccccc2c1. The molecule has 0 aliphatic carbocycles. The highest BCUT2D eigenvalue weighted by molar-refractivity contribution is 5.85. The monoisotopic (exact) mass is 258 g/mol. The fourth-order valence-electron chi connectivity index (χ4n) is 2.00. The molecule has 2 aromatic rings. The van der Waals surface area contributed by atoms with E-state index in [0.29, 0.717) is 13.0 Å². The van der Waals surface area contributed by atoms with Crippen molar-refractivity contribution in [1.29, 1.82) is 0 Å². The molecule has 4 heteroatoms. The Labute approximate surface area is 112 Å². The second-order valence-corrected chi connectivity index (χ2v) is 4.69. The first-order valence-corrected chi connectivity index (χ1v) is 6.26. The van der Waals surface area contributed by atoms with E-state index < -0.39 is 12.0 Å². The molecule has 0 saturated heterocycles. The third-order valence-corrected chi connectivity index (χ3v) is 3.27. The fourth-order valence-corrected chi connectivity index (χ4v) is 2.00. The van der Waals surface area contributed by atoms with Gasteiger partial charge in [0, 0.05) is 19.3 Å². The molecule has 4 nitrogen and oxygen atoms in total. The topological polar surface area (TPSA) is 66.6 Å². The van der Waals surface area contributed by atoms with E-state index >= 15 is 0 Å². The quantitative estimate of drug-likeness (QED) is 0.861. The van der Waals surface area contributed by atoms with E-state index in [1.54, 1.807) is 0 Å². The molecule has 1 unspecified atom stereocenters. The van der Waals surface area contributed by atoms with Crippen LogP contribution in [0.5, 0.6) is 0 Å². The van der Waals surface area contributed by atoms with Crippen molar-refractivity contribution in [3.63, 3.8) is 0 Å². The van der Waals surface area contributed by atoms with Crippen molar-refractivity contribution < 1.29 is 9.90 Å². The summed E-state index contributed by atoms with van der Waals surface area (Å²) in [5.41, 5.74) is 6.57. The van der Waals surface area contributed by atoms with E-state index in [1.807, 2.05) is 30.1 Å². The molecule has 0 spiro atoms. The smallest absolute Gasteiger partial charge is 0.320 e. The maximum atomic E-state index is 10.7. The summed E-state index contributed by atoms with van der Waals surface area (Å²) in [5, 5.41) is 11.1. The summed E-state index contributed by atoms with van der Waals surface area (Å²) < 4.78 is 0. The molecule has 0 aliphatic heterocycles. The minimum atomic E-state index is -0.952. The number of nitrogens with zero attached hydrogens (tertiary/aromatic N) is 1. The Morgan fingerprint density at radius 1 is 1.26 bits per heavy atom.